The molecule has 1 atom stereocenters. The minimum atomic E-state index is -1.09. The van der Waals surface area contributed by atoms with E-state index in [0.717, 1.165) is 0 Å². The lowest BCUT2D eigenvalue weighted by molar-refractivity contribution is 0.0734. The third kappa shape index (κ3) is 2.39. The van der Waals surface area contributed by atoms with Gasteiger partial charge in [-0.2, -0.15) is 4.98 Å². The number of morpholine rings is 1. The molecular weight excluding hydrogens is 275 g/mol. The van der Waals surface area contributed by atoms with E-state index in [2.05, 4.69) is 15.5 Å². The van der Waals surface area contributed by atoms with Crippen molar-refractivity contribution in [2.75, 3.05) is 19.8 Å². The van der Waals surface area contributed by atoms with Crippen molar-refractivity contribution < 1.29 is 22.4 Å². The first-order valence-corrected chi connectivity index (χ1v) is 5.95. The first-order chi connectivity index (χ1) is 9.65. The number of hydrogen-bond acceptors (Lipinski definition) is 5. The quantitative estimate of drug-likeness (QED) is 0.912. The molecule has 1 unspecified atom stereocenters. The minimum absolute atomic E-state index is 0.239. The number of halogens is 3. The Morgan fingerprint density at radius 3 is 2.60 bits per heavy atom. The van der Waals surface area contributed by atoms with Crippen molar-refractivity contribution in [3.05, 3.63) is 35.4 Å². The van der Waals surface area contributed by atoms with Gasteiger partial charge in [-0.15, -0.1) is 0 Å². The predicted molar refractivity (Wildman–Crippen MR) is 61.2 cm³/mol. The van der Waals surface area contributed by atoms with Crippen LogP contribution in [0.1, 0.15) is 11.9 Å². The maximum Gasteiger partial charge on any atom is 0.263 e. The molecule has 2 heterocycles. The van der Waals surface area contributed by atoms with Crippen molar-refractivity contribution in [3.63, 3.8) is 0 Å². The lowest BCUT2D eigenvalue weighted by Crippen LogP contribution is -2.35. The van der Waals surface area contributed by atoms with Crippen LogP contribution in [0.5, 0.6) is 0 Å². The Hall–Kier alpha value is -1.93. The van der Waals surface area contributed by atoms with E-state index in [0.29, 0.717) is 31.9 Å². The molecule has 0 amide bonds. The van der Waals surface area contributed by atoms with Gasteiger partial charge in [0, 0.05) is 18.7 Å². The standard InChI is InChI=1S/C12H10F3N3O2/c13-6-3-7(14)10(8(15)4-6)12-17-11(18-20-12)9-5-19-2-1-16-9/h3-4,9,16H,1-2,5H2. The van der Waals surface area contributed by atoms with E-state index >= 15 is 0 Å². The zero-order valence-electron chi connectivity index (χ0n) is 10.2. The Kier molecular flexibility index (Phi) is 3.41. The van der Waals surface area contributed by atoms with Crippen molar-refractivity contribution in [3.8, 4) is 11.5 Å². The molecule has 0 radical (unpaired) electrons. The first-order valence-electron chi connectivity index (χ1n) is 5.95. The predicted octanol–water partition coefficient (Wildman–Crippen LogP) is 1.81. The van der Waals surface area contributed by atoms with Gasteiger partial charge in [0.2, 0.25) is 0 Å². The van der Waals surface area contributed by atoms with Crippen LogP contribution in [0, 0.1) is 17.5 Å². The smallest absolute Gasteiger partial charge is 0.263 e. The van der Waals surface area contributed by atoms with Gasteiger partial charge < -0.3 is 14.6 Å². The molecule has 20 heavy (non-hydrogen) atoms. The fourth-order valence-electron chi connectivity index (χ4n) is 1.96. The summed E-state index contributed by atoms with van der Waals surface area (Å²) < 4.78 is 50.1. The number of hydrogen-bond donors (Lipinski definition) is 1. The van der Waals surface area contributed by atoms with E-state index < -0.39 is 23.0 Å². The second kappa shape index (κ2) is 5.22. The third-order valence-electron chi connectivity index (χ3n) is 2.90. The molecule has 0 spiro atoms. The van der Waals surface area contributed by atoms with Gasteiger partial charge >= 0.3 is 0 Å². The normalized spacial score (nSPS) is 19.2. The summed E-state index contributed by atoms with van der Waals surface area (Å²) in [6.07, 6.45) is 0. The Balaban J connectivity index is 1.94. The molecule has 1 aliphatic heterocycles. The van der Waals surface area contributed by atoms with Crippen molar-refractivity contribution in [1.82, 2.24) is 15.5 Å². The SMILES string of the molecule is Fc1cc(F)c(-c2nc(C3COCCN3)no2)c(F)c1. The summed E-state index contributed by atoms with van der Waals surface area (Å²) in [6, 6.07) is 0.821. The number of aromatic nitrogens is 2. The summed E-state index contributed by atoms with van der Waals surface area (Å²) in [4.78, 5) is 3.93. The summed E-state index contributed by atoms with van der Waals surface area (Å²) >= 11 is 0. The van der Waals surface area contributed by atoms with Crippen molar-refractivity contribution in [2.24, 2.45) is 0 Å². The third-order valence-corrected chi connectivity index (χ3v) is 2.90. The molecule has 2 aromatic rings. The van der Waals surface area contributed by atoms with Gasteiger partial charge in [-0.1, -0.05) is 5.16 Å². The molecule has 1 aliphatic rings. The molecule has 0 aliphatic carbocycles. The van der Waals surface area contributed by atoms with Crippen LogP contribution < -0.4 is 5.32 Å². The molecule has 3 rings (SSSR count). The zero-order valence-corrected chi connectivity index (χ0v) is 10.2. The zero-order chi connectivity index (χ0) is 14.1. The van der Waals surface area contributed by atoms with Crippen LogP contribution in [0.2, 0.25) is 0 Å². The van der Waals surface area contributed by atoms with E-state index in [9.17, 15) is 13.2 Å². The van der Waals surface area contributed by atoms with E-state index in [1.165, 1.54) is 0 Å². The molecule has 8 heteroatoms. The minimum Gasteiger partial charge on any atom is -0.378 e. The lowest BCUT2D eigenvalue weighted by Gasteiger charge is -2.20. The van der Waals surface area contributed by atoms with Crippen LogP contribution >= 0.6 is 0 Å². The highest BCUT2D eigenvalue weighted by atomic mass is 19.1. The van der Waals surface area contributed by atoms with Crippen LogP contribution in [-0.2, 0) is 4.74 Å². The average Bonchev–Trinajstić information content (AvgIpc) is 2.88. The number of ether oxygens (including phenoxy) is 1. The van der Waals surface area contributed by atoms with Crippen LogP contribution in [0.25, 0.3) is 11.5 Å². The molecular formula is C12H10F3N3O2. The summed E-state index contributed by atoms with van der Waals surface area (Å²) in [5, 5.41) is 6.75. The number of benzene rings is 1. The molecule has 5 nitrogen and oxygen atoms in total. The Morgan fingerprint density at radius 1 is 1.20 bits per heavy atom. The summed E-state index contributed by atoms with van der Waals surface area (Å²) in [5.74, 6) is -3.29. The van der Waals surface area contributed by atoms with Crippen molar-refractivity contribution in [1.29, 1.82) is 0 Å². The molecule has 0 saturated carbocycles. The Morgan fingerprint density at radius 2 is 1.95 bits per heavy atom. The largest absolute Gasteiger partial charge is 0.378 e. The molecule has 1 aromatic heterocycles. The van der Waals surface area contributed by atoms with Gasteiger partial charge in [0.15, 0.2) is 5.82 Å². The van der Waals surface area contributed by atoms with Crippen LogP contribution in [0.15, 0.2) is 16.7 Å². The highest BCUT2D eigenvalue weighted by molar-refractivity contribution is 5.54. The summed E-state index contributed by atoms with van der Waals surface area (Å²) in [7, 11) is 0. The van der Waals surface area contributed by atoms with Gasteiger partial charge in [-0.3, -0.25) is 0 Å². The molecule has 1 fully saturated rings. The van der Waals surface area contributed by atoms with E-state index in [1.54, 1.807) is 0 Å². The number of nitrogens with one attached hydrogen (secondary N) is 1. The van der Waals surface area contributed by atoms with Crippen molar-refractivity contribution >= 4 is 0 Å². The van der Waals surface area contributed by atoms with Gasteiger partial charge in [0.25, 0.3) is 5.89 Å². The number of rotatable bonds is 2. The molecule has 106 valence electrons. The summed E-state index contributed by atoms with van der Waals surface area (Å²) in [6.45, 7) is 1.53. The second-order valence-electron chi connectivity index (χ2n) is 4.28. The fraction of sp³-hybridized carbons (Fsp3) is 0.333. The van der Waals surface area contributed by atoms with E-state index in [1.807, 2.05) is 0 Å². The highest BCUT2D eigenvalue weighted by Crippen LogP contribution is 2.26. The fourth-order valence-corrected chi connectivity index (χ4v) is 1.96. The highest BCUT2D eigenvalue weighted by Gasteiger charge is 2.24. The first kappa shape index (κ1) is 13.1. The van der Waals surface area contributed by atoms with E-state index in [-0.39, 0.29) is 17.8 Å². The molecule has 1 aromatic carbocycles. The molecule has 1 N–H and O–H groups in total. The van der Waals surface area contributed by atoms with Crippen molar-refractivity contribution in [2.45, 2.75) is 6.04 Å². The summed E-state index contributed by atoms with van der Waals surface area (Å²) in [5.41, 5.74) is -0.540. The Labute approximate surface area is 111 Å². The van der Waals surface area contributed by atoms with Crippen LogP contribution in [-0.4, -0.2) is 29.9 Å². The topological polar surface area (TPSA) is 60.2 Å². The molecule has 1 saturated heterocycles. The van der Waals surface area contributed by atoms with Gasteiger partial charge in [-0.05, 0) is 0 Å². The van der Waals surface area contributed by atoms with Crippen LogP contribution in [0.4, 0.5) is 13.2 Å². The van der Waals surface area contributed by atoms with Gasteiger partial charge in [0.1, 0.15) is 23.0 Å². The maximum absolute atomic E-state index is 13.6. The molecule has 0 bridgehead atoms. The number of nitrogens with zero attached hydrogens (tertiary/aromatic N) is 2. The average molecular weight is 285 g/mol. The monoisotopic (exact) mass is 285 g/mol. The van der Waals surface area contributed by atoms with Crippen LogP contribution in [0.3, 0.4) is 0 Å². The Bertz CT molecular complexity index is 603. The van der Waals surface area contributed by atoms with Gasteiger partial charge in [0.05, 0.1) is 19.3 Å². The maximum atomic E-state index is 13.6. The van der Waals surface area contributed by atoms with Gasteiger partial charge in [-0.25, -0.2) is 13.2 Å². The second-order valence-corrected chi connectivity index (χ2v) is 4.28. The van der Waals surface area contributed by atoms with E-state index in [4.69, 9.17) is 9.26 Å². The lowest BCUT2D eigenvalue weighted by atomic mass is 10.2.